The van der Waals surface area contributed by atoms with Gasteiger partial charge in [0.2, 0.25) is 0 Å². The maximum absolute atomic E-state index is 10.7. The molecule has 0 aliphatic heterocycles. The van der Waals surface area contributed by atoms with Gasteiger partial charge >= 0.3 is 5.97 Å². The van der Waals surface area contributed by atoms with Crippen molar-refractivity contribution in [1.29, 1.82) is 0 Å². The highest BCUT2D eigenvalue weighted by Crippen LogP contribution is 2.31. The highest BCUT2D eigenvalue weighted by Gasteiger charge is 2.16. The minimum absolute atomic E-state index is 0.0588. The Bertz CT molecular complexity index is 505. The summed E-state index contributed by atoms with van der Waals surface area (Å²) in [5, 5.41) is 22.5. The van der Waals surface area contributed by atoms with E-state index in [1.165, 1.54) is 12.1 Å². The summed E-state index contributed by atoms with van der Waals surface area (Å²) in [6.07, 6.45) is 0.525. The fourth-order valence-corrected chi connectivity index (χ4v) is 1.87. The zero-order valence-corrected chi connectivity index (χ0v) is 11.4. The van der Waals surface area contributed by atoms with Gasteiger partial charge in [-0.2, -0.15) is 0 Å². The molecule has 7 heteroatoms. The quantitative estimate of drug-likeness (QED) is 0.619. The molecule has 0 saturated carbocycles. The second-order valence-corrected chi connectivity index (χ2v) is 4.76. The molecule has 19 heavy (non-hydrogen) atoms. The normalized spacial score (nSPS) is 11.9. The highest BCUT2D eigenvalue weighted by molar-refractivity contribution is 6.33. The van der Waals surface area contributed by atoms with Crippen LogP contribution in [-0.2, 0) is 4.79 Å². The van der Waals surface area contributed by atoms with Crippen LogP contribution >= 0.6 is 11.6 Å². The number of nitrogens with zero attached hydrogens (tertiary/aromatic N) is 1. The molecule has 1 aromatic carbocycles. The summed E-state index contributed by atoms with van der Waals surface area (Å²) in [7, 11) is 0. The number of aryl methyl sites for hydroxylation is 1. The Morgan fingerprint density at radius 1 is 1.58 bits per heavy atom. The van der Waals surface area contributed by atoms with Gasteiger partial charge in [-0.25, -0.2) is 0 Å². The van der Waals surface area contributed by atoms with Crippen molar-refractivity contribution in [3.05, 3.63) is 32.8 Å². The van der Waals surface area contributed by atoms with Crippen molar-refractivity contribution in [3.63, 3.8) is 0 Å². The Balaban J connectivity index is 2.82. The lowest BCUT2D eigenvalue weighted by Crippen LogP contribution is -2.17. The Hall–Kier alpha value is -1.82. The third-order valence-electron chi connectivity index (χ3n) is 2.68. The van der Waals surface area contributed by atoms with E-state index in [-0.39, 0.29) is 23.2 Å². The Labute approximate surface area is 115 Å². The van der Waals surface area contributed by atoms with Crippen LogP contribution in [0, 0.1) is 17.0 Å². The molecular formula is C12H15ClN2O4. The Kier molecular flexibility index (Phi) is 5.11. The van der Waals surface area contributed by atoms with Crippen molar-refractivity contribution in [2.45, 2.75) is 32.7 Å². The molecular weight excluding hydrogens is 272 g/mol. The van der Waals surface area contributed by atoms with Crippen LogP contribution in [-0.4, -0.2) is 22.0 Å². The average molecular weight is 287 g/mol. The first-order valence-electron chi connectivity index (χ1n) is 5.74. The van der Waals surface area contributed by atoms with Gasteiger partial charge in [0, 0.05) is 24.2 Å². The molecule has 0 heterocycles. The monoisotopic (exact) mass is 286 g/mol. The Morgan fingerprint density at radius 2 is 2.21 bits per heavy atom. The Morgan fingerprint density at radius 3 is 2.74 bits per heavy atom. The van der Waals surface area contributed by atoms with Gasteiger partial charge in [0.05, 0.1) is 4.92 Å². The van der Waals surface area contributed by atoms with Gasteiger partial charge in [-0.1, -0.05) is 11.6 Å². The van der Waals surface area contributed by atoms with E-state index in [4.69, 9.17) is 16.7 Å². The number of anilines is 1. The van der Waals surface area contributed by atoms with E-state index in [1.54, 1.807) is 6.92 Å². The number of rotatable bonds is 6. The van der Waals surface area contributed by atoms with Gasteiger partial charge < -0.3 is 10.4 Å². The fourth-order valence-electron chi connectivity index (χ4n) is 1.64. The summed E-state index contributed by atoms with van der Waals surface area (Å²) < 4.78 is 0. The fraction of sp³-hybridized carbons (Fsp3) is 0.417. The van der Waals surface area contributed by atoms with Gasteiger partial charge in [-0.3, -0.25) is 14.9 Å². The molecule has 0 spiro atoms. The van der Waals surface area contributed by atoms with Crippen molar-refractivity contribution in [1.82, 2.24) is 0 Å². The van der Waals surface area contributed by atoms with E-state index in [1.807, 2.05) is 6.92 Å². The molecule has 104 valence electrons. The number of nitro benzene ring substituents is 1. The third kappa shape index (κ3) is 4.40. The molecule has 1 atom stereocenters. The van der Waals surface area contributed by atoms with Crippen molar-refractivity contribution < 1.29 is 14.8 Å². The number of halogens is 1. The molecule has 0 aromatic heterocycles. The molecule has 1 aromatic rings. The van der Waals surface area contributed by atoms with Crippen molar-refractivity contribution in [2.75, 3.05) is 5.32 Å². The summed E-state index contributed by atoms with van der Waals surface area (Å²) in [5.74, 6) is -0.855. The second-order valence-electron chi connectivity index (χ2n) is 4.35. The van der Waals surface area contributed by atoms with Crippen LogP contribution in [0.15, 0.2) is 12.1 Å². The van der Waals surface area contributed by atoms with Gasteiger partial charge in [-0.15, -0.1) is 0 Å². The van der Waals surface area contributed by atoms with Crippen molar-refractivity contribution in [3.8, 4) is 0 Å². The highest BCUT2D eigenvalue weighted by atomic mass is 35.5. The minimum atomic E-state index is -0.855. The zero-order valence-electron chi connectivity index (χ0n) is 10.6. The van der Waals surface area contributed by atoms with Crippen molar-refractivity contribution >= 4 is 28.9 Å². The van der Waals surface area contributed by atoms with Crippen LogP contribution in [0.25, 0.3) is 0 Å². The molecule has 6 nitrogen and oxygen atoms in total. The molecule has 2 N–H and O–H groups in total. The number of carbonyl (C=O) groups is 1. The predicted molar refractivity (Wildman–Crippen MR) is 72.8 cm³/mol. The van der Waals surface area contributed by atoms with E-state index >= 15 is 0 Å². The summed E-state index contributed by atoms with van der Waals surface area (Å²) >= 11 is 5.83. The molecule has 1 unspecified atom stereocenters. The van der Waals surface area contributed by atoms with Crippen LogP contribution < -0.4 is 5.32 Å². The lowest BCUT2D eigenvalue weighted by molar-refractivity contribution is -0.384. The van der Waals surface area contributed by atoms with Crippen LogP contribution in [0.2, 0.25) is 5.02 Å². The van der Waals surface area contributed by atoms with Gasteiger partial charge in [-0.05, 0) is 31.9 Å². The first kappa shape index (κ1) is 15.2. The number of nitrogens with one attached hydrogen (secondary N) is 1. The number of carboxylic acids is 1. The van der Waals surface area contributed by atoms with E-state index in [0.717, 1.165) is 0 Å². The number of aliphatic carboxylic acids is 1. The number of nitro groups is 1. The van der Waals surface area contributed by atoms with E-state index in [0.29, 0.717) is 17.7 Å². The lowest BCUT2D eigenvalue weighted by atomic mass is 10.1. The number of carboxylic acid groups (broad SMARTS) is 1. The lowest BCUT2D eigenvalue weighted by Gasteiger charge is -2.16. The van der Waals surface area contributed by atoms with Gasteiger partial charge in [0.1, 0.15) is 5.02 Å². The SMILES string of the molecule is Cc1cc([N+](=O)[O-])c(Cl)cc1NC(C)CCC(=O)O. The maximum Gasteiger partial charge on any atom is 0.303 e. The minimum Gasteiger partial charge on any atom is -0.481 e. The number of hydrogen-bond acceptors (Lipinski definition) is 4. The van der Waals surface area contributed by atoms with E-state index in [2.05, 4.69) is 5.32 Å². The summed E-state index contributed by atoms with van der Waals surface area (Å²) in [4.78, 5) is 20.7. The topological polar surface area (TPSA) is 92.5 Å². The number of benzene rings is 1. The van der Waals surface area contributed by atoms with Gasteiger partial charge in [0.15, 0.2) is 0 Å². The molecule has 0 aliphatic rings. The zero-order chi connectivity index (χ0) is 14.6. The molecule has 0 bridgehead atoms. The van der Waals surface area contributed by atoms with Crippen LogP contribution in [0.3, 0.4) is 0 Å². The van der Waals surface area contributed by atoms with Crippen molar-refractivity contribution in [2.24, 2.45) is 0 Å². The van der Waals surface area contributed by atoms with Crippen LogP contribution in [0.4, 0.5) is 11.4 Å². The van der Waals surface area contributed by atoms with Crippen LogP contribution in [0.5, 0.6) is 0 Å². The molecule has 0 fully saturated rings. The predicted octanol–water partition coefficient (Wildman–Crippen LogP) is 3.22. The standard InChI is InChI=1S/C12H15ClN2O4/c1-7-5-11(15(18)19)9(13)6-10(7)14-8(2)3-4-12(16)17/h5-6,8,14H,3-4H2,1-2H3,(H,16,17). The molecule has 0 aliphatic carbocycles. The largest absolute Gasteiger partial charge is 0.481 e. The smallest absolute Gasteiger partial charge is 0.303 e. The van der Waals surface area contributed by atoms with Gasteiger partial charge in [0.25, 0.3) is 5.69 Å². The molecule has 0 radical (unpaired) electrons. The third-order valence-corrected chi connectivity index (χ3v) is 2.99. The molecule has 0 saturated heterocycles. The summed E-state index contributed by atoms with van der Waals surface area (Å²) in [6, 6.07) is 2.83. The van der Waals surface area contributed by atoms with E-state index in [9.17, 15) is 14.9 Å². The van der Waals surface area contributed by atoms with Crippen LogP contribution in [0.1, 0.15) is 25.3 Å². The maximum atomic E-state index is 10.7. The first-order valence-corrected chi connectivity index (χ1v) is 6.12. The second kappa shape index (κ2) is 6.38. The average Bonchev–Trinajstić information content (AvgIpc) is 2.30. The molecule has 1 rings (SSSR count). The summed E-state index contributed by atoms with van der Waals surface area (Å²) in [6.45, 7) is 3.58. The molecule has 0 amide bonds. The first-order chi connectivity index (χ1) is 8.81. The summed E-state index contributed by atoms with van der Waals surface area (Å²) in [5.41, 5.74) is 1.23. The number of hydrogen-bond donors (Lipinski definition) is 2. The van der Waals surface area contributed by atoms with E-state index < -0.39 is 10.9 Å².